The van der Waals surface area contributed by atoms with Crippen molar-refractivity contribution in [3.63, 3.8) is 0 Å². The molecular formula is C24H34O2. The summed E-state index contributed by atoms with van der Waals surface area (Å²) in [6.45, 7) is 2.29. The Morgan fingerprint density at radius 3 is 2.46 bits per heavy atom. The maximum Gasteiger partial charge on any atom is 0.328 e. The van der Waals surface area contributed by atoms with Crippen LogP contribution < -0.4 is 0 Å². The second-order valence-electron chi connectivity index (χ2n) is 7.62. The number of aliphatic carboxylic acids is 1. The highest BCUT2D eigenvalue weighted by Gasteiger charge is 2.21. The molecule has 26 heavy (non-hydrogen) atoms. The van der Waals surface area contributed by atoms with Crippen molar-refractivity contribution in [3.8, 4) is 0 Å². The Morgan fingerprint density at radius 2 is 1.81 bits per heavy atom. The minimum Gasteiger partial charge on any atom is -0.478 e. The average Bonchev–Trinajstić information content (AvgIpc) is 2.66. The number of carboxylic acids is 1. The predicted octanol–water partition coefficient (Wildman–Crippen LogP) is 6.67. The molecule has 1 saturated carbocycles. The van der Waals surface area contributed by atoms with E-state index in [1.807, 2.05) is 6.08 Å². The third-order valence-corrected chi connectivity index (χ3v) is 5.60. The summed E-state index contributed by atoms with van der Waals surface area (Å²) >= 11 is 0. The molecular weight excluding hydrogens is 320 g/mol. The van der Waals surface area contributed by atoms with Gasteiger partial charge in [-0.15, -0.1) is 0 Å². The number of carbonyl (C=O) groups is 1. The molecule has 1 aromatic carbocycles. The highest BCUT2D eigenvalue weighted by atomic mass is 16.4. The third kappa shape index (κ3) is 7.59. The van der Waals surface area contributed by atoms with E-state index in [9.17, 15) is 4.79 Å². The molecule has 0 atom stereocenters. The molecule has 0 amide bonds. The smallest absolute Gasteiger partial charge is 0.328 e. The zero-order valence-corrected chi connectivity index (χ0v) is 16.2. The van der Waals surface area contributed by atoms with Crippen molar-refractivity contribution in [1.29, 1.82) is 0 Å². The molecule has 0 spiro atoms. The minimum atomic E-state index is -0.903. The van der Waals surface area contributed by atoms with Gasteiger partial charge in [0.25, 0.3) is 0 Å². The van der Waals surface area contributed by atoms with Gasteiger partial charge in [0, 0.05) is 6.08 Å². The molecule has 2 heteroatoms. The number of hydrogen-bond acceptors (Lipinski definition) is 1. The number of allylic oxidation sites excluding steroid dienone is 3. The van der Waals surface area contributed by atoms with Crippen molar-refractivity contribution in [2.75, 3.05) is 0 Å². The lowest BCUT2D eigenvalue weighted by atomic mass is 9.77. The van der Waals surface area contributed by atoms with Crippen LogP contribution in [0, 0.1) is 5.92 Å². The van der Waals surface area contributed by atoms with Crippen LogP contribution in [0.15, 0.2) is 48.6 Å². The lowest BCUT2D eigenvalue weighted by Gasteiger charge is -2.29. The molecule has 1 N–H and O–H groups in total. The average molecular weight is 355 g/mol. The van der Waals surface area contributed by atoms with E-state index in [2.05, 4.69) is 31.2 Å². The highest BCUT2D eigenvalue weighted by Crippen LogP contribution is 2.37. The van der Waals surface area contributed by atoms with Gasteiger partial charge in [0.2, 0.25) is 0 Å². The number of unbranched alkanes of at least 4 members (excludes halogenated alkanes) is 2. The Bertz CT molecular complexity index is 575. The van der Waals surface area contributed by atoms with Crippen molar-refractivity contribution < 1.29 is 9.90 Å². The summed E-state index contributed by atoms with van der Waals surface area (Å²) in [6.07, 6.45) is 19.6. The van der Waals surface area contributed by atoms with Gasteiger partial charge in [-0.05, 0) is 61.5 Å². The first kappa shape index (κ1) is 20.5. The van der Waals surface area contributed by atoms with Gasteiger partial charge < -0.3 is 5.11 Å². The number of aryl methyl sites for hydroxylation is 1. The van der Waals surface area contributed by atoms with Gasteiger partial charge in [-0.2, -0.15) is 0 Å². The second-order valence-corrected chi connectivity index (χ2v) is 7.62. The van der Waals surface area contributed by atoms with Gasteiger partial charge in [-0.3, -0.25) is 0 Å². The molecule has 1 aliphatic carbocycles. The summed E-state index contributed by atoms with van der Waals surface area (Å²) in [5.41, 5.74) is 2.87. The number of carboxylic acid groups (broad SMARTS) is 1. The summed E-state index contributed by atoms with van der Waals surface area (Å²) in [5, 5.41) is 8.52. The molecule has 0 heterocycles. The van der Waals surface area contributed by atoms with Crippen LogP contribution in [0.4, 0.5) is 0 Å². The van der Waals surface area contributed by atoms with Crippen molar-refractivity contribution in [1.82, 2.24) is 0 Å². The van der Waals surface area contributed by atoms with Gasteiger partial charge in [0.15, 0.2) is 0 Å². The first-order valence-electron chi connectivity index (χ1n) is 10.3. The fraction of sp³-hybridized carbons (Fsp3) is 0.542. The van der Waals surface area contributed by atoms with Crippen molar-refractivity contribution in [3.05, 3.63) is 59.7 Å². The third-order valence-electron chi connectivity index (χ3n) is 5.60. The van der Waals surface area contributed by atoms with Gasteiger partial charge in [-0.1, -0.05) is 75.1 Å². The highest BCUT2D eigenvalue weighted by molar-refractivity contribution is 5.80. The summed E-state index contributed by atoms with van der Waals surface area (Å²) in [7, 11) is 0. The topological polar surface area (TPSA) is 37.3 Å². The molecule has 1 fully saturated rings. The number of hydrogen-bond donors (Lipinski definition) is 1. The van der Waals surface area contributed by atoms with E-state index in [1.54, 1.807) is 12.2 Å². The van der Waals surface area contributed by atoms with Gasteiger partial charge in [0.05, 0.1) is 0 Å². The van der Waals surface area contributed by atoms with Crippen molar-refractivity contribution in [2.24, 2.45) is 5.92 Å². The Kier molecular flexibility index (Phi) is 9.23. The molecule has 0 radical (unpaired) electrons. The van der Waals surface area contributed by atoms with Gasteiger partial charge in [-0.25, -0.2) is 4.79 Å². The molecule has 142 valence electrons. The standard InChI is InChI=1S/C24H34O2/c1-2-3-6-9-20-12-16-22(17-13-20)23-18-14-21(15-19-23)10-7-4-5-8-11-24(25)26/h4-5,8,11,14-15,18-20,22H,2-3,6-7,9-10,12-13,16-17H2,1H3,(H,25,26)/b5-4+,11-8+. The molecule has 1 aromatic rings. The van der Waals surface area contributed by atoms with Gasteiger partial charge >= 0.3 is 5.97 Å². The zero-order chi connectivity index (χ0) is 18.6. The molecule has 0 aliphatic heterocycles. The zero-order valence-electron chi connectivity index (χ0n) is 16.2. The molecule has 2 nitrogen and oxygen atoms in total. The lowest BCUT2D eigenvalue weighted by molar-refractivity contribution is -0.131. The van der Waals surface area contributed by atoms with Crippen LogP contribution >= 0.6 is 0 Å². The first-order chi connectivity index (χ1) is 12.7. The lowest BCUT2D eigenvalue weighted by Crippen LogP contribution is -2.13. The largest absolute Gasteiger partial charge is 0.478 e. The number of benzene rings is 1. The fourth-order valence-electron chi connectivity index (χ4n) is 3.99. The Hall–Kier alpha value is -1.83. The van der Waals surface area contributed by atoms with Crippen molar-refractivity contribution in [2.45, 2.75) is 77.0 Å². The first-order valence-corrected chi connectivity index (χ1v) is 10.3. The van der Waals surface area contributed by atoms with E-state index < -0.39 is 5.97 Å². The van der Waals surface area contributed by atoms with Crippen molar-refractivity contribution >= 4 is 5.97 Å². The van der Waals surface area contributed by atoms with E-state index in [-0.39, 0.29) is 0 Å². The van der Waals surface area contributed by atoms with Crippen LogP contribution in [0.1, 0.15) is 81.8 Å². The van der Waals surface area contributed by atoms with E-state index in [0.717, 1.165) is 30.8 Å². The van der Waals surface area contributed by atoms with Crippen LogP contribution in [0.2, 0.25) is 0 Å². The Labute approximate surface area is 159 Å². The SMILES string of the molecule is CCCCCC1CCC(c2ccc(CC/C=C/C=C/C(=O)O)cc2)CC1. The van der Waals surface area contributed by atoms with Crippen LogP contribution in [0.5, 0.6) is 0 Å². The molecule has 0 aromatic heterocycles. The fourth-order valence-corrected chi connectivity index (χ4v) is 3.99. The predicted molar refractivity (Wildman–Crippen MR) is 110 cm³/mol. The van der Waals surface area contributed by atoms with Crippen LogP contribution in [-0.4, -0.2) is 11.1 Å². The van der Waals surface area contributed by atoms with E-state index in [1.165, 1.54) is 62.5 Å². The Balaban J connectivity index is 1.71. The van der Waals surface area contributed by atoms with Crippen LogP contribution in [-0.2, 0) is 11.2 Å². The quantitative estimate of drug-likeness (QED) is 0.289. The molecule has 1 aliphatic rings. The summed E-state index contributed by atoms with van der Waals surface area (Å²) in [5.74, 6) is 0.826. The van der Waals surface area contributed by atoms with Crippen LogP contribution in [0.3, 0.4) is 0 Å². The molecule has 2 rings (SSSR count). The summed E-state index contributed by atoms with van der Waals surface area (Å²) < 4.78 is 0. The molecule has 0 unspecified atom stereocenters. The second kappa shape index (κ2) is 11.7. The molecule has 0 bridgehead atoms. The Morgan fingerprint density at radius 1 is 1.08 bits per heavy atom. The minimum absolute atomic E-state index is 0.757. The van der Waals surface area contributed by atoms with Crippen LogP contribution in [0.25, 0.3) is 0 Å². The van der Waals surface area contributed by atoms with E-state index in [4.69, 9.17) is 5.11 Å². The maximum atomic E-state index is 10.4. The number of rotatable bonds is 10. The van der Waals surface area contributed by atoms with E-state index in [0.29, 0.717) is 0 Å². The normalized spacial score (nSPS) is 20.8. The monoisotopic (exact) mass is 354 g/mol. The maximum absolute atomic E-state index is 10.4. The van der Waals surface area contributed by atoms with Gasteiger partial charge in [0.1, 0.15) is 0 Å². The summed E-state index contributed by atoms with van der Waals surface area (Å²) in [6, 6.07) is 9.18. The van der Waals surface area contributed by atoms with E-state index >= 15 is 0 Å². The molecule has 0 saturated heterocycles. The summed E-state index contributed by atoms with van der Waals surface area (Å²) in [4.78, 5) is 10.4.